The van der Waals surface area contributed by atoms with Gasteiger partial charge in [-0.1, -0.05) is 17.7 Å². The molecule has 1 aromatic carbocycles. The Morgan fingerprint density at radius 1 is 1.12 bits per heavy atom. The number of piperidine rings is 1. The average molecular weight is 349 g/mol. The van der Waals surface area contributed by atoms with Crippen LogP contribution >= 0.6 is 0 Å². The van der Waals surface area contributed by atoms with Crippen LogP contribution in [-0.2, 0) is 4.79 Å². The predicted molar refractivity (Wildman–Crippen MR) is 98.8 cm³/mol. The zero-order chi connectivity index (χ0) is 18.1. The maximum atomic E-state index is 12.7. The molecule has 3 heterocycles. The molecule has 0 bridgehead atoms. The minimum atomic E-state index is -0.185. The quantitative estimate of drug-likeness (QED) is 0.907. The molecule has 2 amide bonds. The van der Waals surface area contributed by atoms with Crippen molar-refractivity contribution in [2.24, 2.45) is 0 Å². The molecule has 4 rings (SSSR count). The van der Waals surface area contributed by atoms with Gasteiger partial charge in [-0.25, -0.2) is 0 Å². The molecule has 5 nitrogen and oxygen atoms in total. The molecule has 0 saturated carbocycles. The lowest BCUT2D eigenvalue weighted by Crippen LogP contribution is -2.52. The molecule has 0 radical (unpaired) electrons. The van der Waals surface area contributed by atoms with Gasteiger partial charge < -0.3 is 10.2 Å². The number of rotatable bonds is 2. The molecule has 2 aromatic rings. The van der Waals surface area contributed by atoms with E-state index in [9.17, 15) is 9.59 Å². The number of pyridine rings is 1. The molecule has 1 N–H and O–H groups in total. The first-order valence-electron chi connectivity index (χ1n) is 9.14. The van der Waals surface area contributed by atoms with Crippen LogP contribution in [0.25, 0.3) is 0 Å². The van der Waals surface area contributed by atoms with Gasteiger partial charge in [0, 0.05) is 36.6 Å². The number of carbonyl (C=O) groups is 2. The van der Waals surface area contributed by atoms with Crippen molar-refractivity contribution in [2.75, 3.05) is 13.1 Å². The second-order valence-corrected chi connectivity index (χ2v) is 7.47. The second kappa shape index (κ2) is 6.56. The summed E-state index contributed by atoms with van der Waals surface area (Å²) in [6.07, 6.45) is 5.87. The van der Waals surface area contributed by atoms with Crippen molar-refractivity contribution in [3.05, 3.63) is 65.5 Å². The third kappa shape index (κ3) is 3.09. The lowest BCUT2D eigenvalue weighted by molar-refractivity contribution is -0.121. The van der Waals surface area contributed by atoms with E-state index in [2.05, 4.69) is 10.3 Å². The van der Waals surface area contributed by atoms with Gasteiger partial charge >= 0.3 is 0 Å². The smallest absolute Gasteiger partial charge is 0.253 e. The van der Waals surface area contributed by atoms with Crippen molar-refractivity contribution < 1.29 is 9.59 Å². The Kier molecular flexibility index (Phi) is 4.23. The van der Waals surface area contributed by atoms with Crippen LogP contribution in [-0.4, -0.2) is 40.3 Å². The molecule has 134 valence electrons. The Labute approximate surface area is 153 Å². The van der Waals surface area contributed by atoms with Crippen LogP contribution in [0.2, 0.25) is 0 Å². The fourth-order valence-corrected chi connectivity index (χ4v) is 4.09. The van der Waals surface area contributed by atoms with E-state index in [-0.39, 0.29) is 23.3 Å². The molecular weight excluding hydrogens is 326 g/mol. The number of likely N-dealkylation sites (tertiary alicyclic amines) is 1. The monoisotopic (exact) mass is 349 g/mol. The second-order valence-electron chi connectivity index (χ2n) is 7.47. The summed E-state index contributed by atoms with van der Waals surface area (Å²) in [7, 11) is 0. The van der Waals surface area contributed by atoms with Gasteiger partial charge in [0.1, 0.15) is 0 Å². The van der Waals surface area contributed by atoms with E-state index in [0.29, 0.717) is 13.1 Å². The van der Waals surface area contributed by atoms with Gasteiger partial charge in [-0.3, -0.25) is 14.6 Å². The third-order valence-corrected chi connectivity index (χ3v) is 5.71. The lowest BCUT2D eigenvalue weighted by Gasteiger charge is -2.39. The van der Waals surface area contributed by atoms with Crippen LogP contribution in [0.3, 0.4) is 0 Å². The Bertz CT molecular complexity index is 809. The van der Waals surface area contributed by atoms with E-state index < -0.39 is 0 Å². The molecule has 1 aromatic heterocycles. The topological polar surface area (TPSA) is 62.3 Å². The minimum absolute atomic E-state index is 0.0786. The van der Waals surface area contributed by atoms with Gasteiger partial charge in [-0.2, -0.15) is 0 Å². The van der Waals surface area contributed by atoms with Crippen molar-refractivity contribution in [1.29, 1.82) is 0 Å². The number of aromatic nitrogens is 1. The number of hydrogen-bond acceptors (Lipinski definition) is 3. The number of carbonyl (C=O) groups excluding carboxylic acids is 2. The summed E-state index contributed by atoms with van der Waals surface area (Å²) in [5, 5.41) is 3.23. The van der Waals surface area contributed by atoms with Crippen LogP contribution in [0, 0.1) is 6.92 Å². The van der Waals surface area contributed by atoms with Crippen LogP contribution in [0.15, 0.2) is 48.8 Å². The summed E-state index contributed by atoms with van der Waals surface area (Å²) >= 11 is 0. The van der Waals surface area contributed by atoms with Crippen molar-refractivity contribution in [3.63, 3.8) is 0 Å². The number of benzene rings is 1. The van der Waals surface area contributed by atoms with Gasteiger partial charge in [-0.15, -0.1) is 0 Å². The van der Waals surface area contributed by atoms with Crippen molar-refractivity contribution >= 4 is 11.8 Å². The Hall–Kier alpha value is -2.69. The highest BCUT2D eigenvalue weighted by Crippen LogP contribution is 2.39. The molecule has 1 atom stereocenters. The van der Waals surface area contributed by atoms with Gasteiger partial charge in [0.2, 0.25) is 5.91 Å². The number of aryl methyl sites for hydroxylation is 1. The first-order valence-corrected chi connectivity index (χ1v) is 9.14. The Morgan fingerprint density at radius 2 is 1.77 bits per heavy atom. The zero-order valence-corrected chi connectivity index (χ0v) is 14.9. The van der Waals surface area contributed by atoms with Gasteiger partial charge in [-0.05, 0) is 56.0 Å². The molecule has 0 aliphatic carbocycles. The molecule has 2 saturated heterocycles. The summed E-state index contributed by atoms with van der Waals surface area (Å²) in [5.74, 6) is 0.0571. The molecule has 2 aliphatic heterocycles. The van der Waals surface area contributed by atoms with Gasteiger partial charge in [0.05, 0.1) is 5.92 Å². The number of nitrogens with one attached hydrogen (secondary N) is 1. The minimum Gasteiger partial charge on any atom is -0.350 e. The third-order valence-electron chi connectivity index (χ3n) is 5.71. The van der Waals surface area contributed by atoms with E-state index in [1.54, 1.807) is 12.4 Å². The van der Waals surface area contributed by atoms with Crippen LogP contribution in [0.5, 0.6) is 0 Å². The van der Waals surface area contributed by atoms with E-state index in [1.807, 2.05) is 48.2 Å². The molecule has 2 aliphatic rings. The van der Waals surface area contributed by atoms with Crippen molar-refractivity contribution in [1.82, 2.24) is 15.2 Å². The highest BCUT2D eigenvalue weighted by atomic mass is 16.2. The van der Waals surface area contributed by atoms with Crippen molar-refractivity contribution in [2.45, 2.75) is 37.6 Å². The van der Waals surface area contributed by atoms with Gasteiger partial charge in [0.25, 0.3) is 5.91 Å². The molecular formula is C21H23N3O2. The first kappa shape index (κ1) is 16.8. The van der Waals surface area contributed by atoms with Crippen LogP contribution in [0.1, 0.15) is 46.7 Å². The fraction of sp³-hybridized carbons (Fsp3) is 0.381. The Morgan fingerprint density at radius 3 is 2.42 bits per heavy atom. The fourth-order valence-electron chi connectivity index (χ4n) is 4.09. The summed E-state index contributed by atoms with van der Waals surface area (Å²) in [6.45, 7) is 3.37. The average Bonchev–Trinajstić information content (AvgIpc) is 2.99. The number of amides is 2. The zero-order valence-electron chi connectivity index (χ0n) is 14.9. The normalized spacial score (nSPS) is 21.7. The van der Waals surface area contributed by atoms with Crippen molar-refractivity contribution in [3.8, 4) is 0 Å². The highest BCUT2D eigenvalue weighted by Gasteiger charge is 2.46. The SMILES string of the molecule is Cc1ccc(C(=O)N2CCC3(CC2)CC(c2ccncc2)C(=O)N3)cc1. The van der Waals surface area contributed by atoms with E-state index in [4.69, 9.17) is 0 Å². The molecule has 1 unspecified atom stereocenters. The highest BCUT2D eigenvalue weighted by molar-refractivity contribution is 5.94. The maximum Gasteiger partial charge on any atom is 0.253 e. The molecule has 1 spiro atoms. The molecule has 26 heavy (non-hydrogen) atoms. The van der Waals surface area contributed by atoms with Crippen LogP contribution < -0.4 is 5.32 Å². The summed E-state index contributed by atoms with van der Waals surface area (Å²) in [6, 6.07) is 11.5. The predicted octanol–water partition coefficient (Wildman–Crippen LogP) is 2.67. The standard InChI is InChI=1S/C21H23N3O2/c1-15-2-4-17(5-3-15)20(26)24-12-8-21(9-13-24)14-18(19(25)23-21)16-6-10-22-11-7-16/h2-7,10-11,18H,8-9,12-14H2,1H3,(H,23,25). The first-order chi connectivity index (χ1) is 12.6. The number of hydrogen-bond donors (Lipinski definition) is 1. The van der Waals surface area contributed by atoms with Crippen LogP contribution in [0.4, 0.5) is 0 Å². The van der Waals surface area contributed by atoms with E-state index >= 15 is 0 Å². The lowest BCUT2D eigenvalue weighted by atomic mass is 9.82. The van der Waals surface area contributed by atoms with E-state index in [0.717, 1.165) is 36.0 Å². The summed E-state index contributed by atoms with van der Waals surface area (Å²) < 4.78 is 0. The summed E-state index contributed by atoms with van der Waals surface area (Å²) in [5.41, 5.74) is 2.72. The largest absolute Gasteiger partial charge is 0.350 e. The summed E-state index contributed by atoms with van der Waals surface area (Å²) in [4.78, 5) is 31.1. The maximum absolute atomic E-state index is 12.7. The van der Waals surface area contributed by atoms with E-state index in [1.165, 1.54) is 0 Å². The van der Waals surface area contributed by atoms with Gasteiger partial charge in [0.15, 0.2) is 0 Å². The molecule has 2 fully saturated rings. The molecule has 5 heteroatoms. The number of nitrogens with zero attached hydrogens (tertiary/aromatic N) is 2. The Balaban J connectivity index is 1.43.